The van der Waals surface area contributed by atoms with Crippen LogP contribution in [0.15, 0.2) is 29.6 Å². The number of carbonyl (C=O) groups excluding carboxylic acids is 1. The second-order valence-corrected chi connectivity index (χ2v) is 6.21. The number of nitrogens with two attached hydrogens (primary N) is 1. The van der Waals surface area contributed by atoms with Crippen molar-refractivity contribution in [2.45, 2.75) is 13.3 Å². The van der Waals surface area contributed by atoms with Gasteiger partial charge in [0.15, 0.2) is 0 Å². The lowest BCUT2D eigenvalue weighted by molar-refractivity contribution is -0.120. The molecule has 112 valence electrons. The average molecular weight is 324 g/mol. The van der Waals surface area contributed by atoms with Crippen molar-refractivity contribution in [3.05, 3.63) is 40.4 Å². The van der Waals surface area contributed by atoms with Gasteiger partial charge in [-0.05, 0) is 18.5 Å². The van der Waals surface area contributed by atoms with E-state index in [0.29, 0.717) is 18.1 Å². The highest BCUT2D eigenvalue weighted by atomic mass is 35.5. The average Bonchev–Trinajstić information content (AvgIpc) is 2.93. The third kappa shape index (κ3) is 4.52. The van der Waals surface area contributed by atoms with Crippen molar-refractivity contribution in [2.24, 2.45) is 11.7 Å². The minimum absolute atomic E-state index is 0.0358. The summed E-state index contributed by atoms with van der Waals surface area (Å²) in [5.74, 6) is 0.245. The van der Waals surface area contributed by atoms with Gasteiger partial charge in [-0.15, -0.1) is 11.3 Å². The molecule has 0 aliphatic carbocycles. The normalized spacial score (nSPS) is 12.1. The topological polar surface area (TPSA) is 68.0 Å². The van der Waals surface area contributed by atoms with Crippen molar-refractivity contribution in [3.8, 4) is 10.6 Å². The Balaban J connectivity index is 1.98. The predicted octanol–water partition coefficient (Wildman–Crippen LogP) is 2.72. The zero-order valence-corrected chi connectivity index (χ0v) is 13.4. The van der Waals surface area contributed by atoms with Gasteiger partial charge in [0.2, 0.25) is 5.91 Å². The molecule has 1 unspecified atom stereocenters. The number of rotatable bonds is 6. The SMILES string of the molecule is CC(CN)CNC(=O)Cc1csc(-c2ccccc2Cl)n1. The molecule has 4 nitrogen and oxygen atoms in total. The third-order valence-corrected chi connectivity index (χ3v) is 4.30. The summed E-state index contributed by atoms with van der Waals surface area (Å²) < 4.78 is 0. The Morgan fingerprint density at radius 2 is 2.24 bits per heavy atom. The summed E-state index contributed by atoms with van der Waals surface area (Å²) in [4.78, 5) is 16.3. The van der Waals surface area contributed by atoms with Crippen LogP contribution in [-0.2, 0) is 11.2 Å². The lowest BCUT2D eigenvalue weighted by Gasteiger charge is -2.09. The fourth-order valence-electron chi connectivity index (χ4n) is 1.74. The van der Waals surface area contributed by atoms with E-state index in [1.807, 2.05) is 36.6 Å². The largest absolute Gasteiger partial charge is 0.355 e. The van der Waals surface area contributed by atoms with Crippen LogP contribution in [0.2, 0.25) is 5.02 Å². The van der Waals surface area contributed by atoms with E-state index in [1.54, 1.807) is 0 Å². The van der Waals surface area contributed by atoms with Gasteiger partial charge < -0.3 is 11.1 Å². The molecular formula is C15H18ClN3OS. The maximum atomic E-state index is 11.8. The Kier molecular flexibility index (Phi) is 5.73. The maximum Gasteiger partial charge on any atom is 0.226 e. The standard InChI is InChI=1S/C15H18ClN3OS/c1-10(7-17)8-18-14(20)6-11-9-21-15(19-11)12-4-2-3-5-13(12)16/h2-5,9-10H,6-8,17H2,1H3,(H,18,20). The highest BCUT2D eigenvalue weighted by Crippen LogP contribution is 2.30. The molecule has 1 amide bonds. The van der Waals surface area contributed by atoms with Gasteiger partial charge in [0.25, 0.3) is 0 Å². The monoisotopic (exact) mass is 323 g/mol. The molecule has 1 aromatic carbocycles. The van der Waals surface area contributed by atoms with Crippen LogP contribution in [0.4, 0.5) is 0 Å². The first-order valence-electron chi connectivity index (χ1n) is 6.76. The lowest BCUT2D eigenvalue weighted by atomic mass is 10.2. The lowest BCUT2D eigenvalue weighted by Crippen LogP contribution is -2.32. The number of hydrogen-bond donors (Lipinski definition) is 2. The molecule has 0 fully saturated rings. The smallest absolute Gasteiger partial charge is 0.226 e. The molecule has 0 radical (unpaired) electrons. The molecule has 3 N–H and O–H groups in total. The van der Waals surface area contributed by atoms with E-state index < -0.39 is 0 Å². The van der Waals surface area contributed by atoms with Crippen LogP contribution in [0.25, 0.3) is 10.6 Å². The number of carbonyl (C=O) groups is 1. The number of halogens is 1. The van der Waals surface area contributed by atoms with Crippen LogP contribution in [0, 0.1) is 5.92 Å². The van der Waals surface area contributed by atoms with Crippen LogP contribution < -0.4 is 11.1 Å². The van der Waals surface area contributed by atoms with Crippen LogP contribution in [0.1, 0.15) is 12.6 Å². The van der Waals surface area contributed by atoms with Crippen molar-refractivity contribution in [1.82, 2.24) is 10.3 Å². The molecule has 2 rings (SSSR count). The Morgan fingerprint density at radius 1 is 1.48 bits per heavy atom. The van der Waals surface area contributed by atoms with Crippen molar-refractivity contribution in [3.63, 3.8) is 0 Å². The molecule has 0 aliphatic heterocycles. The molecule has 0 saturated heterocycles. The Bertz CT molecular complexity index is 614. The quantitative estimate of drug-likeness (QED) is 0.859. The Hall–Kier alpha value is -1.43. The predicted molar refractivity (Wildman–Crippen MR) is 87.5 cm³/mol. The number of benzene rings is 1. The first-order valence-corrected chi connectivity index (χ1v) is 8.02. The van der Waals surface area contributed by atoms with Gasteiger partial charge in [-0.25, -0.2) is 4.98 Å². The first-order chi connectivity index (χ1) is 10.1. The molecule has 1 aromatic heterocycles. The fraction of sp³-hybridized carbons (Fsp3) is 0.333. The minimum Gasteiger partial charge on any atom is -0.355 e. The summed E-state index contributed by atoms with van der Waals surface area (Å²) in [5, 5.41) is 6.25. The molecule has 1 heterocycles. The zero-order chi connectivity index (χ0) is 15.2. The third-order valence-electron chi connectivity index (χ3n) is 3.05. The molecule has 6 heteroatoms. The van der Waals surface area contributed by atoms with E-state index in [2.05, 4.69) is 10.3 Å². The minimum atomic E-state index is -0.0358. The molecular weight excluding hydrogens is 306 g/mol. The van der Waals surface area contributed by atoms with E-state index in [0.717, 1.165) is 16.3 Å². The van der Waals surface area contributed by atoms with Gasteiger partial charge in [0.1, 0.15) is 5.01 Å². The summed E-state index contributed by atoms with van der Waals surface area (Å²) in [7, 11) is 0. The number of nitrogens with one attached hydrogen (secondary N) is 1. The number of thiazole rings is 1. The zero-order valence-electron chi connectivity index (χ0n) is 11.8. The van der Waals surface area contributed by atoms with E-state index >= 15 is 0 Å². The Morgan fingerprint density at radius 3 is 2.95 bits per heavy atom. The molecule has 21 heavy (non-hydrogen) atoms. The summed E-state index contributed by atoms with van der Waals surface area (Å²) in [6, 6.07) is 7.56. The van der Waals surface area contributed by atoms with Gasteiger partial charge >= 0.3 is 0 Å². The second kappa shape index (κ2) is 7.54. The Labute approximate surface area is 133 Å². The first kappa shape index (κ1) is 15.9. The van der Waals surface area contributed by atoms with Crippen molar-refractivity contribution >= 4 is 28.8 Å². The summed E-state index contributed by atoms with van der Waals surface area (Å²) in [5.41, 5.74) is 7.17. The molecule has 0 saturated carbocycles. The summed E-state index contributed by atoms with van der Waals surface area (Å²) >= 11 is 7.64. The molecule has 1 atom stereocenters. The van der Waals surface area contributed by atoms with Crippen molar-refractivity contribution in [1.29, 1.82) is 0 Å². The molecule has 0 aliphatic rings. The number of hydrogen-bond acceptors (Lipinski definition) is 4. The van der Waals surface area contributed by atoms with Crippen LogP contribution in [0.5, 0.6) is 0 Å². The highest BCUT2D eigenvalue weighted by molar-refractivity contribution is 7.13. The molecule has 0 bridgehead atoms. The van der Waals surface area contributed by atoms with Crippen LogP contribution in [0.3, 0.4) is 0 Å². The van der Waals surface area contributed by atoms with Crippen LogP contribution in [-0.4, -0.2) is 24.0 Å². The summed E-state index contributed by atoms with van der Waals surface area (Å²) in [6.45, 7) is 3.16. The van der Waals surface area contributed by atoms with E-state index in [9.17, 15) is 4.79 Å². The number of aromatic nitrogens is 1. The number of amides is 1. The van der Waals surface area contributed by atoms with Gasteiger partial charge in [-0.3, -0.25) is 4.79 Å². The molecule has 0 spiro atoms. The van der Waals surface area contributed by atoms with E-state index in [1.165, 1.54) is 11.3 Å². The highest BCUT2D eigenvalue weighted by Gasteiger charge is 2.11. The van der Waals surface area contributed by atoms with Crippen LogP contribution >= 0.6 is 22.9 Å². The van der Waals surface area contributed by atoms with Gasteiger partial charge in [0, 0.05) is 17.5 Å². The molecule has 2 aromatic rings. The second-order valence-electron chi connectivity index (χ2n) is 4.95. The van der Waals surface area contributed by atoms with E-state index in [4.69, 9.17) is 17.3 Å². The van der Waals surface area contributed by atoms with Crippen molar-refractivity contribution in [2.75, 3.05) is 13.1 Å². The summed E-state index contributed by atoms with van der Waals surface area (Å²) in [6.07, 6.45) is 0.276. The number of nitrogens with zero attached hydrogens (tertiary/aromatic N) is 1. The van der Waals surface area contributed by atoms with E-state index in [-0.39, 0.29) is 18.2 Å². The van der Waals surface area contributed by atoms with Gasteiger partial charge in [0.05, 0.1) is 17.1 Å². The fourth-order valence-corrected chi connectivity index (χ4v) is 2.88. The maximum absolute atomic E-state index is 11.8. The van der Waals surface area contributed by atoms with Gasteiger partial charge in [-0.1, -0.05) is 36.7 Å². The van der Waals surface area contributed by atoms with Gasteiger partial charge in [-0.2, -0.15) is 0 Å². The van der Waals surface area contributed by atoms with Crippen molar-refractivity contribution < 1.29 is 4.79 Å².